The predicted octanol–water partition coefficient (Wildman–Crippen LogP) is 1.83. The highest BCUT2D eigenvalue weighted by atomic mass is 32.2. The van der Waals surface area contributed by atoms with Crippen LogP contribution in [-0.4, -0.2) is 38.9 Å². The quantitative estimate of drug-likeness (QED) is 0.862. The molecule has 0 saturated carbocycles. The average Bonchev–Trinajstić information content (AvgIpc) is 2.90. The summed E-state index contributed by atoms with van der Waals surface area (Å²) in [4.78, 5) is -0.564. The van der Waals surface area contributed by atoms with Gasteiger partial charge in [0.05, 0.1) is 10.5 Å². The van der Waals surface area contributed by atoms with E-state index in [0.29, 0.717) is 31.6 Å². The first-order valence-corrected chi connectivity index (χ1v) is 7.63. The topological polar surface area (TPSA) is 49.4 Å². The predicted molar refractivity (Wildman–Crippen MR) is 67.6 cm³/mol. The molecule has 118 valence electrons. The summed E-state index contributed by atoms with van der Waals surface area (Å²) in [6.45, 7) is 1.07. The maximum atomic E-state index is 13.2. The van der Waals surface area contributed by atoms with Crippen LogP contribution in [0.5, 0.6) is 0 Å². The van der Waals surface area contributed by atoms with Gasteiger partial charge in [-0.3, -0.25) is 0 Å². The molecule has 0 amide bonds. The zero-order valence-electron chi connectivity index (χ0n) is 11.1. The molecule has 21 heavy (non-hydrogen) atoms. The Morgan fingerprint density at radius 2 is 2.00 bits per heavy atom. The third kappa shape index (κ3) is 3.19. The van der Waals surface area contributed by atoms with Gasteiger partial charge in [-0.15, -0.1) is 0 Å². The fraction of sp³-hybridized carbons (Fsp3) is 0.500. The SMILES string of the molecule is CN(C1CCNC1)S(=O)(=O)c1ccc(F)c(C(F)(F)F)c1. The summed E-state index contributed by atoms with van der Waals surface area (Å²) in [5.41, 5.74) is -1.58. The number of likely N-dealkylation sites (N-methyl/N-ethyl adjacent to an activating group) is 1. The lowest BCUT2D eigenvalue weighted by Crippen LogP contribution is -2.38. The van der Waals surface area contributed by atoms with Gasteiger partial charge in [0.25, 0.3) is 0 Å². The molecular formula is C12H14F4N2O2S. The molecule has 1 aliphatic rings. The number of nitrogens with one attached hydrogen (secondary N) is 1. The number of halogens is 4. The Bertz CT molecular complexity index is 625. The lowest BCUT2D eigenvalue weighted by Gasteiger charge is -2.23. The van der Waals surface area contributed by atoms with Crippen molar-refractivity contribution in [1.29, 1.82) is 0 Å². The number of nitrogens with zero attached hydrogens (tertiary/aromatic N) is 1. The highest BCUT2D eigenvalue weighted by molar-refractivity contribution is 7.89. The van der Waals surface area contributed by atoms with Crippen LogP contribution in [0.15, 0.2) is 23.1 Å². The minimum atomic E-state index is -4.94. The average molecular weight is 326 g/mol. The number of hydrogen-bond acceptors (Lipinski definition) is 3. The molecule has 9 heteroatoms. The van der Waals surface area contributed by atoms with Crippen molar-refractivity contribution in [2.24, 2.45) is 0 Å². The minimum Gasteiger partial charge on any atom is -0.315 e. The molecule has 1 N–H and O–H groups in total. The van der Waals surface area contributed by atoms with E-state index in [2.05, 4.69) is 5.32 Å². The molecule has 1 saturated heterocycles. The van der Waals surface area contributed by atoms with Crippen molar-refractivity contribution in [3.8, 4) is 0 Å². The molecule has 0 spiro atoms. The minimum absolute atomic E-state index is 0.325. The van der Waals surface area contributed by atoms with Crippen molar-refractivity contribution in [2.45, 2.75) is 23.5 Å². The van der Waals surface area contributed by atoms with Gasteiger partial charge in [0.1, 0.15) is 5.82 Å². The molecule has 1 aliphatic heterocycles. The van der Waals surface area contributed by atoms with Crippen LogP contribution < -0.4 is 5.32 Å². The normalized spacial score (nSPS) is 20.2. The zero-order chi connectivity index (χ0) is 15.8. The first-order valence-electron chi connectivity index (χ1n) is 6.19. The van der Waals surface area contributed by atoms with Gasteiger partial charge in [0.15, 0.2) is 0 Å². The number of rotatable bonds is 3. The Balaban J connectivity index is 2.41. The van der Waals surface area contributed by atoms with E-state index in [4.69, 9.17) is 0 Å². The van der Waals surface area contributed by atoms with E-state index >= 15 is 0 Å². The number of alkyl halides is 3. The van der Waals surface area contributed by atoms with Gasteiger partial charge in [-0.2, -0.15) is 17.5 Å². The van der Waals surface area contributed by atoms with E-state index in [9.17, 15) is 26.0 Å². The Morgan fingerprint density at radius 3 is 2.52 bits per heavy atom. The lowest BCUT2D eigenvalue weighted by atomic mass is 10.2. The smallest absolute Gasteiger partial charge is 0.315 e. The van der Waals surface area contributed by atoms with Crippen LogP contribution >= 0.6 is 0 Å². The summed E-state index contributed by atoms with van der Waals surface area (Å²) in [5.74, 6) is -1.49. The van der Waals surface area contributed by atoms with Crippen LogP contribution in [0.25, 0.3) is 0 Å². The fourth-order valence-electron chi connectivity index (χ4n) is 2.19. The van der Waals surface area contributed by atoms with E-state index in [0.717, 1.165) is 10.4 Å². The van der Waals surface area contributed by atoms with Crippen molar-refractivity contribution in [1.82, 2.24) is 9.62 Å². The Hall–Kier alpha value is -1.19. The van der Waals surface area contributed by atoms with Crippen LogP contribution in [0, 0.1) is 5.82 Å². The van der Waals surface area contributed by atoms with Gasteiger partial charge in [0, 0.05) is 19.6 Å². The second-order valence-corrected chi connectivity index (χ2v) is 6.80. The summed E-state index contributed by atoms with van der Waals surface area (Å²) < 4.78 is 76.9. The monoisotopic (exact) mass is 326 g/mol. The summed E-state index contributed by atoms with van der Waals surface area (Å²) in [6.07, 6.45) is -4.37. The molecule has 0 aromatic heterocycles. The molecule has 1 aromatic rings. The second-order valence-electron chi connectivity index (χ2n) is 4.81. The standard InChI is InChI=1S/C12H14F4N2O2S/c1-18(8-4-5-17-7-8)21(19,20)9-2-3-11(13)10(6-9)12(14,15)16/h2-3,6,8,17H,4-5,7H2,1H3. The van der Waals surface area contributed by atoms with Gasteiger partial charge in [-0.25, -0.2) is 12.8 Å². The molecular weight excluding hydrogens is 312 g/mol. The molecule has 2 rings (SSSR count). The molecule has 1 fully saturated rings. The number of benzene rings is 1. The maximum absolute atomic E-state index is 13.2. The van der Waals surface area contributed by atoms with E-state index < -0.39 is 32.5 Å². The first-order chi connectivity index (χ1) is 9.64. The van der Waals surface area contributed by atoms with E-state index in [1.54, 1.807) is 0 Å². The highest BCUT2D eigenvalue weighted by Gasteiger charge is 2.37. The molecule has 1 aromatic carbocycles. The van der Waals surface area contributed by atoms with E-state index in [1.807, 2.05) is 0 Å². The van der Waals surface area contributed by atoms with Crippen LogP contribution in [0.1, 0.15) is 12.0 Å². The van der Waals surface area contributed by atoms with E-state index in [-0.39, 0.29) is 6.04 Å². The van der Waals surface area contributed by atoms with Gasteiger partial charge in [-0.1, -0.05) is 0 Å². The van der Waals surface area contributed by atoms with Crippen LogP contribution in [-0.2, 0) is 16.2 Å². The molecule has 1 unspecified atom stereocenters. The summed E-state index contributed by atoms with van der Waals surface area (Å²) in [5, 5.41) is 2.98. The van der Waals surface area contributed by atoms with Gasteiger partial charge in [0.2, 0.25) is 10.0 Å². The van der Waals surface area contributed by atoms with Gasteiger partial charge < -0.3 is 5.32 Å². The Labute approximate surface area is 119 Å². The Morgan fingerprint density at radius 1 is 1.33 bits per heavy atom. The third-order valence-corrected chi connectivity index (χ3v) is 5.37. The summed E-state index contributed by atoms with van der Waals surface area (Å²) in [6, 6.07) is 1.38. The van der Waals surface area contributed by atoms with Crippen LogP contribution in [0.2, 0.25) is 0 Å². The molecule has 0 aliphatic carbocycles. The molecule has 1 atom stereocenters. The molecule has 0 radical (unpaired) electrons. The van der Waals surface area contributed by atoms with Gasteiger partial charge >= 0.3 is 6.18 Å². The molecule has 0 bridgehead atoms. The van der Waals surface area contributed by atoms with Crippen molar-refractivity contribution in [2.75, 3.05) is 20.1 Å². The molecule has 4 nitrogen and oxygen atoms in total. The van der Waals surface area contributed by atoms with Crippen molar-refractivity contribution >= 4 is 10.0 Å². The lowest BCUT2D eigenvalue weighted by molar-refractivity contribution is -0.140. The van der Waals surface area contributed by atoms with Crippen LogP contribution in [0.3, 0.4) is 0 Å². The van der Waals surface area contributed by atoms with Crippen LogP contribution in [0.4, 0.5) is 17.6 Å². The van der Waals surface area contributed by atoms with Crippen molar-refractivity contribution in [3.05, 3.63) is 29.6 Å². The second kappa shape index (κ2) is 5.54. The summed E-state index contributed by atoms with van der Waals surface area (Å²) in [7, 11) is -2.79. The summed E-state index contributed by atoms with van der Waals surface area (Å²) >= 11 is 0. The van der Waals surface area contributed by atoms with Crippen molar-refractivity contribution in [3.63, 3.8) is 0 Å². The van der Waals surface area contributed by atoms with Crippen molar-refractivity contribution < 1.29 is 26.0 Å². The largest absolute Gasteiger partial charge is 0.419 e. The Kier molecular flexibility index (Phi) is 4.27. The number of sulfonamides is 1. The molecule has 1 heterocycles. The zero-order valence-corrected chi connectivity index (χ0v) is 11.9. The first kappa shape index (κ1) is 16.2. The number of hydrogen-bond donors (Lipinski definition) is 1. The fourth-order valence-corrected chi connectivity index (χ4v) is 3.61. The van der Waals surface area contributed by atoms with E-state index in [1.165, 1.54) is 7.05 Å². The van der Waals surface area contributed by atoms with Gasteiger partial charge in [-0.05, 0) is 31.2 Å². The third-order valence-electron chi connectivity index (χ3n) is 3.47. The highest BCUT2D eigenvalue weighted by Crippen LogP contribution is 2.33. The maximum Gasteiger partial charge on any atom is 0.419 e.